The van der Waals surface area contributed by atoms with Gasteiger partial charge >= 0.3 is 0 Å². The van der Waals surface area contributed by atoms with Gasteiger partial charge in [0.25, 0.3) is 5.91 Å². The van der Waals surface area contributed by atoms with Crippen molar-refractivity contribution in [2.45, 2.75) is 18.9 Å². The third kappa shape index (κ3) is 4.22. The van der Waals surface area contributed by atoms with Gasteiger partial charge in [0.1, 0.15) is 5.69 Å². The van der Waals surface area contributed by atoms with E-state index in [0.29, 0.717) is 41.8 Å². The van der Waals surface area contributed by atoms with Crippen LogP contribution in [0.1, 0.15) is 23.2 Å². The van der Waals surface area contributed by atoms with Gasteiger partial charge in [0.2, 0.25) is 5.82 Å². The summed E-state index contributed by atoms with van der Waals surface area (Å²) >= 11 is 0. The molecule has 5 rings (SSSR count). The summed E-state index contributed by atoms with van der Waals surface area (Å²) in [6.07, 6.45) is 3.24. The molecule has 9 heteroatoms. The maximum absolute atomic E-state index is 12.7. The zero-order valence-electron chi connectivity index (χ0n) is 16.7. The minimum Gasteiger partial charge on any atom is -0.381 e. The smallest absolute Gasteiger partial charge is 0.251 e. The molecule has 0 spiro atoms. The predicted octanol–water partition coefficient (Wildman–Crippen LogP) is 2.84. The summed E-state index contributed by atoms with van der Waals surface area (Å²) in [6.45, 7) is 1.34. The molecule has 1 aliphatic heterocycles. The van der Waals surface area contributed by atoms with Crippen molar-refractivity contribution >= 4 is 23.1 Å². The lowest BCUT2D eigenvalue weighted by Gasteiger charge is -2.23. The number of carbonyl (C=O) groups excluding carboxylic acids is 1. The average Bonchev–Trinajstić information content (AvgIpc) is 3.24. The lowest BCUT2D eigenvalue weighted by molar-refractivity contribution is 0.0696. The van der Waals surface area contributed by atoms with Crippen LogP contribution in [0.25, 0.3) is 17.2 Å². The fourth-order valence-electron chi connectivity index (χ4n) is 3.49. The molecule has 3 aromatic heterocycles. The second-order valence-electron chi connectivity index (χ2n) is 7.29. The van der Waals surface area contributed by atoms with E-state index >= 15 is 0 Å². The number of hydrogen-bond donors (Lipinski definition) is 2. The third-order valence-electron chi connectivity index (χ3n) is 5.12. The highest BCUT2D eigenvalue weighted by molar-refractivity contribution is 5.95. The molecule has 1 fully saturated rings. The Morgan fingerprint density at radius 2 is 1.87 bits per heavy atom. The van der Waals surface area contributed by atoms with E-state index < -0.39 is 0 Å². The van der Waals surface area contributed by atoms with Gasteiger partial charge in [0.05, 0.1) is 0 Å². The van der Waals surface area contributed by atoms with Crippen LogP contribution < -0.4 is 10.6 Å². The number of hydrogen-bond acceptors (Lipinski definition) is 7. The van der Waals surface area contributed by atoms with Crippen LogP contribution in [0.5, 0.6) is 0 Å². The molecule has 4 heterocycles. The zero-order valence-corrected chi connectivity index (χ0v) is 16.7. The predicted molar refractivity (Wildman–Crippen MR) is 115 cm³/mol. The quantitative estimate of drug-likeness (QED) is 0.516. The molecule has 1 amide bonds. The average molecular weight is 415 g/mol. The highest BCUT2D eigenvalue weighted by atomic mass is 16.5. The molecular formula is C22H21N7O2. The maximum atomic E-state index is 12.7. The van der Waals surface area contributed by atoms with Crippen LogP contribution in [0, 0.1) is 0 Å². The van der Waals surface area contributed by atoms with Crippen molar-refractivity contribution in [2.75, 3.05) is 18.5 Å². The Kier molecular flexibility index (Phi) is 5.24. The third-order valence-corrected chi connectivity index (χ3v) is 5.12. The summed E-state index contributed by atoms with van der Waals surface area (Å²) in [5.41, 5.74) is 2.56. The van der Waals surface area contributed by atoms with Gasteiger partial charge in [-0.1, -0.05) is 18.2 Å². The number of ether oxygens (including phenoxy) is 1. The van der Waals surface area contributed by atoms with Crippen molar-refractivity contribution in [3.8, 4) is 11.5 Å². The molecule has 0 bridgehead atoms. The number of amides is 1. The van der Waals surface area contributed by atoms with Crippen LogP contribution in [0.15, 0.2) is 60.8 Å². The first kappa shape index (κ1) is 19.1. The van der Waals surface area contributed by atoms with Crippen molar-refractivity contribution < 1.29 is 9.53 Å². The summed E-state index contributed by atoms with van der Waals surface area (Å²) in [7, 11) is 0. The number of fused-ring (bicyclic) bond motifs is 1. The number of rotatable bonds is 5. The van der Waals surface area contributed by atoms with Gasteiger partial charge in [-0.3, -0.25) is 9.78 Å². The topological polar surface area (TPSA) is 106 Å². The Labute approximate surface area is 178 Å². The lowest BCUT2D eigenvalue weighted by Crippen LogP contribution is -2.38. The van der Waals surface area contributed by atoms with Gasteiger partial charge < -0.3 is 15.4 Å². The first-order chi connectivity index (χ1) is 15.3. The minimum atomic E-state index is -0.135. The van der Waals surface area contributed by atoms with Crippen molar-refractivity contribution in [1.82, 2.24) is 30.1 Å². The van der Waals surface area contributed by atoms with Gasteiger partial charge in [-0.05, 0) is 49.2 Å². The zero-order chi connectivity index (χ0) is 21.0. The van der Waals surface area contributed by atoms with Gasteiger partial charge in [-0.25, -0.2) is 0 Å². The molecule has 1 aliphatic rings. The van der Waals surface area contributed by atoms with E-state index in [0.717, 1.165) is 18.5 Å². The Morgan fingerprint density at radius 1 is 1.03 bits per heavy atom. The second-order valence-corrected chi connectivity index (χ2v) is 7.29. The van der Waals surface area contributed by atoms with Crippen LogP contribution in [0.3, 0.4) is 0 Å². The number of aromatic nitrogens is 5. The molecule has 1 saturated heterocycles. The molecule has 4 aromatic rings. The molecule has 0 unspecified atom stereocenters. The normalized spacial score (nSPS) is 14.5. The molecule has 1 aromatic carbocycles. The number of nitrogens with one attached hydrogen (secondary N) is 2. The minimum absolute atomic E-state index is 0.125. The van der Waals surface area contributed by atoms with E-state index in [9.17, 15) is 4.79 Å². The largest absolute Gasteiger partial charge is 0.381 e. The van der Waals surface area contributed by atoms with E-state index in [1.165, 1.54) is 0 Å². The molecule has 0 aliphatic carbocycles. The summed E-state index contributed by atoms with van der Waals surface area (Å²) in [5, 5.41) is 19.3. The number of para-hydroxylation sites is 1. The second kappa shape index (κ2) is 8.49. The van der Waals surface area contributed by atoms with Gasteiger partial charge in [0.15, 0.2) is 11.5 Å². The highest BCUT2D eigenvalue weighted by Crippen LogP contribution is 2.19. The summed E-state index contributed by atoms with van der Waals surface area (Å²) in [4.78, 5) is 17.1. The Morgan fingerprint density at radius 3 is 2.71 bits per heavy atom. The van der Waals surface area contributed by atoms with Crippen molar-refractivity contribution in [1.29, 1.82) is 0 Å². The van der Waals surface area contributed by atoms with Crippen LogP contribution in [-0.4, -0.2) is 50.0 Å². The Bertz CT molecular complexity index is 1200. The summed E-state index contributed by atoms with van der Waals surface area (Å²) in [6, 6.07) is 17.0. The van der Waals surface area contributed by atoms with E-state index in [1.807, 2.05) is 42.5 Å². The number of carbonyl (C=O) groups is 1. The van der Waals surface area contributed by atoms with Crippen LogP contribution in [0.4, 0.5) is 11.5 Å². The first-order valence-electron chi connectivity index (χ1n) is 10.2. The van der Waals surface area contributed by atoms with Crippen LogP contribution in [0.2, 0.25) is 0 Å². The Balaban J connectivity index is 1.41. The van der Waals surface area contributed by atoms with Crippen molar-refractivity contribution in [3.05, 3.63) is 66.4 Å². The Hall–Kier alpha value is -3.85. The van der Waals surface area contributed by atoms with Crippen LogP contribution >= 0.6 is 0 Å². The number of benzene rings is 1. The first-order valence-corrected chi connectivity index (χ1v) is 10.2. The van der Waals surface area contributed by atoms with E-state index in [1.54, 1.807) is 22.8 Å². The molecule has 0 atom stereocenters. The number of pyridine rings is 1. The van der Waals surface area contributed by atoms with Gasteiger partial charge in [-0.2, -0.15) is 4.52 Å². The van der Waals surface area contributed by atoms with E-state index in [-0.39, 0.29) is 11.9 Å². The summed E-state index contributed by atoms with van der Waals surface area (Å²) < 4.78 is 6.97. The molecule has 2 N–H and O–H groups in total. The van der Waals surface area contributed by atoms with Crippen molar-refractivity contribution in [3.63, 3.8) is 0 Å². The van der Waals surface area contributed by atoms with E-state index in [4.69, 9.17) is 4.74 Å². The number of nitrogens with zero attached hydrogens (tertiary/aromatic N) is 5. The summed E-state index contributed by atoms with van der Waals surface area (Å²) in [5.74, 6) is 0.976. The van der Waals surface area contributed by atoms with Gasteiger partial charge in [0, 0.05) is 36.7 Å². The van der Waals surface area contributed by atoms with E-state index in [2.05, 4.69) is 30.9 Å². The fourth-order valence-corrected chi connectivity index (χ4v) is 3.49. The maximum Gasteiger partial charge on any atom is 0.251 e. The molecule has 156 valence electrons. The SMILES string of the molecule is O=C(NC1CCOCC1)c1ccnc(-c2nnc3ccc(Nc4ccccc4)nn23)c1. The van der Waals surface area contributed by atoms with Crippen LogP contribution in [-0.2, 0) is 4.74 Å². The molecule has 0 saturated carbocycles. The monoisotopic (exact) mass is 415 g/mol. The fraction of sp³-hybridized carbons (Fsp3) is 0.227. The molecule has 0 radical (unpaired) electrons. The molecular weight excluding hydrogens is 394 g/mol. The van der Waals surface area contributed by atoms with Crippen molar-refractivity contribution in [2.24, 2.45) is 0 Å². The number of anilines is 2. The standard InChI is InChI=1S/C22H21N7O2/c30-22(25-17-9-12-31-13-10-17)15-8-11-23-18(14-15)21-27-26-20-7-6-19(28-29(20)21)24-16-4-2-1-3-5-16/h1-8,11,14,17H,9-10,12-13H2,(H,24,28)(H,25,30). The lowest BCUT2D eigenvalue weighted by atomic mass is 10.1. The molecule has 31 heavy (non-hydrogen) atoms. The molecule has 9 nitrogen and oxygen atoms in total. The van der Waals surface area contributed by atoms with Gasteiger partial charge in [-0.15, -0.1) is 15.3 Å². The highest BCUT2D eigenvalue weighted by Gasteiger charge is 2.18.